The molecule has 1 atom stereocenters. The zero-order valence-corrected chi connectivity index (χ0v) is 16.4. The molecule has 0 unspecified atom stereocenters. The van der Waals surface area contributed by atoms with Crippen molar-refractivity contribution < 1.29 is 13.9 Å². The zero-order valence-electron chi connectivity index (χ0n) is 16.4. The fourth-order valence-corrected chi connectivity index (χ4v) is 3.06. The molecule has 0 aliphatic carbocycles. The molecule has 3 aromatic rings. The third kappa shape index (κ3) is 5.22. The number of hydrogen-bond acceptors (Lipinski definition) is 4. The van der Waals surface area contributed by atoms with Gasteiger partial charge in [0.15, 0.2) is 6.61 Å². The van der Waals surface area contributed by atoms with Gasteiger partial charge < -0.3 is 14.5 Å². The van der Waals surface area contributed by atoms with E-state index in [2.05, 4.69) is 43.4 Å². The number of benzene rings is 2. The Morgan fingerprint density at radius 2 is 1.75 bits per heavy atom. The van der Waals surface area contributed by atoms with E-state index in [0.717, 1.165) is 17.4 Å². The maximum Gasteiger partial charge on any atom is 0.336 e. The summed E-state index contributed by atoms with van der Waals surface area (Å²) in [6.07, 6.45) is 1.04. The molecule has 28 heavy (non-hydrogen) atoms. The van der Waals surface area contributed by atoms with Gasteiger partial charge in [-0.25, -0.2) is 4.79 Å². The molecular formula is C23H25NO4. The van der Waals surface area contributed by atoms with Crippen LogP contribution in [0.4, 0.5) is 0 Å². The summed E-state index contributed by atoms with van der Waals surface area (Å²) in [6, 6.07) is 16.4. The molecule has 1 N–H and O–H groups in total. The first-order valence-corrected chi connectivity index (χ1v) is 9.45. The van der Waals surface area contributed by atoms with E-state index < -0.39 is 5.63 Å². The highest BCUT2D eigenvalue weighted by atomic mass is 16.5. The van der Waals surface area contributed by atoms with E-state index in [1.54, 1.807) is 24.3 Å². The number of hydrogen-bond donors (Lipinski definition) is 1. The van der Waals surface area contributed by atoms with Crippen molar-refractivity contribution in [2.45, 2.75) is 33.2 Å². The monoisotopic (exact) mass is 379 g/mol. The maximum absolute atomic E-state index is 12.2. The lowest BCUT2D eigenvalue weighted by molar-refractivity contribution is -0.123. The molecule has 0 radical (unpaired) electrons. The number of fused-ring (bicyclic) bond motifs is 1. The van der Waals surface area contributed by atoms with E-state index in [9.17, 15) is 9.59 Å². The Bertz CT molecular complexity index is 1010. The number of amides is 1. The number of carbonyl (C=O) groups excluding carboxylic acids is 1. The van der Waals surface area contributed by atoms with Gasteiger partial charge in [0, 0.05) is 17.5 Å². The third-order valence-corrected chi connectivity index (χ3v) is 4.47. The SMILES string of the molecule is CC(C)Cc1ccc([C@H](C)NC(=O)COc2ccc3ccc(=O)oc3c2)cc1. The second-order valence-corrected chi connectivity index (χ2v) is 7.37. The van der Waals surface area contributed by atoms with Crippen LogP contribution >= 0.6 is 0 Å². The summed E-state index contributed by atoms with van der Waals surface area (Å²) in [5.41, 5.74) is 2.35. The van der Waals surface area contributed by atoms with Crippen LogP contribution < -0.4 is 15.7 Å². The van der Waals surface area contributed by atoms with Crippen molar-refractivity contribution in [1.82, 2.24) is 5.32 Å². The van der Waals surface area contributed by atoms with Crippen LogP contribution in [0.25, 0.3) is 11.0 Å². The molecule has 2 aromatic carbocycles. The van der Waals surface area contributed by atoms with Crippen molar-refractivity contribution in [2.24, 2.45) is 5.92 Å². The smallest absolute Gasteiger partial charge is 0.336 e. The van der Waals surface area contributed by atoms with E-state index in [4.69, 9.17) is 9.15 Å². The van der Waals surface area contributed by atoms with E-state index in [0.29, 0.717) is 17.3 Å². The predicted octanol–water partition coefficient (Wildman–Crippen LogP) is 4.25. The average Bonchev–Trinajstić information content (AvgIpc) is 2.66. The molecule has 5 nitrogen and oxygen atoms in total. The lowest BCUT2D eigenvalue weighted by Crippen LogP contribution is -2.31. The quantitative estimate of drug-likeness (QED) is 0.623. The lowest BCUT2D eigenvalue weighted by atomic mass is 10.00. The molecule has 1 amide bonds. The van der Waals surface area contributed by atoms with Crippen LogP contribution in [0.5, 0.6) is 5.75 Å². The summed E-state index contributed by atoms with van der Waals surface area (Å²) in [4.78, 5) is 23.5. The van der Waals surface area contributed by atoms with Crippen molar-refractivity contribution in [1.29, 1.82) is 0 Å². The number of nitrogens with one attached hydrogen (secondary N) is 1. The van der Waals surface area contributed by atoms with Crippen molar-refractivity contribution in [3.63, 3.8) is 0 Å². The minimum Gasteiger partial charge on any atom is -0.484 e. The molecule has 1 aromatic heterocycles. The maximum atomic E-state index is 12.2. The Morgan fingerprint density at radius 1 is 1.04 bits per heavy atom. The lowest BCUT2D eigenvalue weighted by Gasteiger charge is -2.15. The first-order valence-electron chi connectivity index (χ1n) is 9.45. The van der Waals surface area contributed by atoms with E-state index >= 15 is 0 Å². The molecule has 0 saturated carbocycles. The van der Waals surface area contributed by atoms with E-state index in [-0.39, 0.29) is 18.6 Å². The van der Waals surface area contributed by atoms with Crippen LogP contribution in [-0.4, -0.2) is 12.5 Å². The largest absolute Gasteiger partial charge is 0.484 e. The Balaban J connectivity index is 1.55. The Morgan fingerprint density at radius 3 is 2.46 bits per heavy atom. The number of ether oxygens (including phenoxy) is 1. The predicted molar refractivity (Wildman–Crippen MR) is 110 cm³/mol. The Labute approximate surface area is 164 Å². The van der Waals surface area contributed by atoms with Gasteiger partial charge in [0.1, 0.15) is 11.3 Å². The van der Waals surface area contributed by atoms with Crippen molar-refractivity contribution in [2.75, 3.05) is 6.61 Å². The highest BCUT2D eigenvalue weighted by molar-refractivity contribution is 5.79. The van der Waals surface area contributed by atoms with Crippen LogP contribution in [0, 0.1) is 5.92 Å². The Kier molecular flexibility index (Phi) is 6.14. The molecule has 0 aliphatic rings. The molecule has 3 rings (SSSR count). The van der Waals surface area contributed by atoms with E-state index in [1.807, 2.05) is 6.92 Å². The normalized spacial score (nSPS) is 12.1. The molecule has 146 valence electrons. The summed E-state index contributed by atoms with van der Waals surface area (Å²) >= 11 is 0. The van der Waals surface area contributed by atoms with Gasteiger partial charge in [-0.15, -0.1) is 0 Å². The highest BCUT2D eigenvalue weighted by Gasteiger charge is 2.11. The third-order valence-electron chi connectivity index (χ3n) is 4.47. The summed E-state index contributed by atoms with van der Waals surface area (Å²) in [7, 11) is 0. The summed E-state index contributed by atoms with van der Waals surface area (Å²) < 4.78 is 10.7. The molecule has 0 fully saturated rings. The minimum atomic E-state index is -0.421. The van der Waals surface area contributed by atoms with Gasteiger partial charge in [-0.1, -0.05) is 38.1 Å². The van der Waals surface area contributed by atoms with Gasteiger partial charge in [-0.05, 0) is 48.6 Å². The van der Waals surface area contributed by atoms with Crippen LogP contribution in [0.3, 0.4) is 0 Å². The molecule has 0 spiro atoms. The van der Waals surface area contributed by atoms with Crippen LogP contribution in [0.2, 0.25) is 0 Å². The topological polar surface area (TPSA) is 68.5 Å². The summed E-state index contributed by atoms with van der Waals surface area (Å²) in [5.74, 6) is 0.874. The first kappa shape index (κ1) is 19.7. The van der Waals surface area contributed by atoms with Crippen molar-refractivity contribution >= 4 is 16.9 Å². The van der Waals surface area contributed by atoms with Gasteiger partial charge in [0.2, 0.25) is 0 Å². The average molecular weight is 379 g/mol. The number of carbonyl (C=O) groups is 1. The first-order chi connectivity index (χ1) is 13.4. The fourth-order valence-electron chi connectivity index (χ4n) is 3.06. The molecule has 0 aliphatic heterocycles. The fraction of sp³-hybridized carbons (Fsp3) is 0.304. The van der Waals surface area contributed by atoms with Crippen LogP contribution in [0.15, 0.2) is 63.8 Å². The van der Waals surface area contributed by atoms with Gasteiger partial charge in [0.05, 0.1) is 6.04 Å². The molecule has 0 bridgehead atoms. The molecule has 1 heterocycles. The summed E-state index contributed by atoms with van der Waals surface area (Å²) in [5, 5.41) is 3.73. The Hall–Kier alpha value is -3.08. The van der Waals surface area contributed by atoms with E-state index in [1.165, 1.54) is 11.6 Å². The second kappa shape index (κ2) is 8.74. The van der Waals surface area contributed by atoms with Gasteiger partial charge in [-0.3, -0.25) is 4.79 Å². The minimum absolute atomic E-state index is 0.112. The molecule has 5 heteroatoms. The van der Waals surface area contributed by atoms with Gasteiger partial charge >= 0.3 is 5.63 Å². The zero-order chi connectivity index (χ0) is 20.1. The summed E-state index contributed by atoms with van der Waals surface area (Å²) in [6.45, 7) is 6.22. The van der Waals surface area contributed by atoms with Crippen molar-refractivity contribution in [3.8, 4) is 5.75 Å². The standard InChI is InChI=1S/C23H25NO4/c1-15(2)12-17-4-6-18(7-5-17)16(3)24-22(25)14-27-20-10-8-19-9-11-23(26)28-21(19)13-20/h4-11,13,15-16H,12,14H2,1-3H3,(H,24,25)/t16-/m0/s1. The number of rotatable bonds is 7. The van der Waals surface area contributed by atoms with Crippen LogP contribution in [-0.2, 0) is 11.2 Å². The van der Waals surface area contributed by atoms with Gasteiger partial charge in [0.25, 0.3) is 5.91 Å². The van der Waals surface area contributed by atoms with Crippen LogP contribution in [0.1, 0.15) is 37.9 Å². The molecule has 0 saturated heterocycles. The second-order valence-electron chi connectivity index (χ2n) is 7.37. The van der Waals surface area contributed by atoms with Crippen molar-refractivity contribution in [3.05, 3.63) is 76.1 Å². The molecular weight excluding hydrogens is 354 g/mol. The van der Waals surface area contributed by atoms with Gasteiger partial charge in [-0.2, -0.15) is 0 Å². The highest BCUT2D eigenvalue weighted by Crippen LogP contribution is 2.20.